The summed E-state index contributed by atoms with van der Waals surface area (Å²) in [7, 11) is 0. The van der Waals surface area contributed by atoms with E-state index in [1.165, 1.54) is 0 Å². The number of hydrogen-bond acceptors (Lipinski definition) is 4. The van der Waals surface area contributed by atoms with Crippen molar-refractivity contribution >= 4 is 0 Å². The zero-order valence-electron chi connectivity index (χ0n) is 8.01. The number of nitrogens with two attached hydrogens (primary N) is 1. The van der Waals surface area contributed by atoms with Crippen LogP contribution < -0.4 is 11.3 Å². The van der Waals surface area contributed by atoms with Crippen LogP contribution in [0.1, 0.15) is 39.0 Å². The van der Waals surface area contributed by atoms with Gasteiger partial charge in [-0.05, 0) is 6.42 Å². The van der Waals surface area contributed by atoms with E-state index < -0.39 is 5.54 Å². The maximum Gasteiger partial charge on any atom is 0.131 e. The topological polar surface area (TPSA) is 85.6 Å². The van der Waals surface area contributed by atoms with Crippen molar-refractivity contribution in [2.24, 2.45) is 5.84 Å². The van der Waals surface area contributed by atoms with Gasteiger partial charge in [-0.1, -0.05) is 26.2 Å². The van der Waals surface area contributed by atoms with E-state index in [9.17, 15) is 0 Å². The molecule has 0 aromatic carbocycles. The molecule has 13 heavy (non-hydrogen) atoms. The molecule has 0 aliphatic rings. The summed E-state index contributed by atoms with van der Waals surface area (Å²) >= 11 is 0. The lowest BCUT2D eigenvalue weighted by Gasteiger charge is -2.22. The molecule has 0 heterocycles. The molecule has 72 valence electrons. The molecule has 0 fully saturated rings. The highest BCUT2D eigenvalue weighted by Gasteiger charge is 2.27. The van der Waals surface area contributed by atoms with Crippen LogP contribution in [0.25, 0.3) is 0 Å². The lowest BCUT2D eigenvalue weighted by molar-refractivity contribution is 0.383. The molecule has 4 nitrogen and oxygen atoms in total. The van der Waals surface area contributed by atoms with Crippen LogP contribution in [0.5, 0.6) is 0 Å². The Morgan fingerprint density at radius 3 is 2.46 bits per heavy atom. The molecule has 0 aliphatic heterocycles. The highest BCUT2D eigenvalue weighted by molar-refractivity contribution is 5.10. The van der Waals surface area contributed by atoms with Gasteiger partial charge in [0.25, 0.3) is 0 Å². The smallest absolute Gasteiger partial charge is 0.131 e. The summed E-state index contributed by atoms with van der Waals surface area (Å²) in [5.74, 6) is 5.26. The molecule has 0 aromatic rings. The second-order valence-electron chi connectivity index (χ2n) is 3.13. The van der Waals surface area contributed by atoms with Gasteiger partial charge in [0.05, 0.1) is 18.6 Å². The molecule has 0 saturated heterocycles. The Balaban J connectivity index is 4.09. The van der Waals surface area contributed by atoms with Crippen molar-refractivity contribution in [3.8, 4) is 12.1 Å². The molecule has 0 aromatic heterocycles. The van der Waals surface area contributed by atoms with Crippen molar-refractivity contribution in [1.82, 2.24) is 5.43 Å². The maximum absolute atomic E-state index is 8.86. The lowest BCUT2D eigenvalue weighted by atomic mass is 9.91. The first-order chi connectivity index (χ1) is 6.24. The number of unbranched alkanes of at least 4 members (excludes halogenated alkanes) is 2. The number of nitrogens with one attached hydrogen (secondary N) is 1. The third kappa shape index (κ3) is 3.89. The van der Waals surface area contributed by atoms with Crippen LogP contribution in [-0.2, 0) is 0 Å². The first kappa shape index (κ1) is 11.9. The molecular formula is C9H16N4. The highest BCUT2D eigenvalue weighted by atomic mass is 15.3. The van der Waals surface area contributed by atoms with Crippen molar-refractivity contribution in [2.45, 2.75) is 44.6 Å². The van der Waals surface area contributed by atoms with Crippen molar-refractivity contribution < 1.29 is 0 Å². The predicted octanol–water partition coefficient (Wildman–Crippen LogP) is 1.21. The van der Waals surface area contributed by atoms with Crippen LogP contribution in [0, 0.1) is 22.7 Å². The van der Waals surface area contributed by atoms with E-state index >= 15 is 0 Å². The van der Waals surface area contributed by atoms with Gasteiger partial charge in [0.2, 0.25) is 0 Å². The molecule has 0 saturated carbocycles. The molecule has 4 heteroatoms. The molecule has 0 aliphatic carbocycles. The minimum atomic E-state index is -0.843. The number of hydrazine groups is 1. The normalized spacial score (nSPS) is 14.2. The largest absolute Gasteiger partial charge is 0.270 e. The van der Waals surface area contributed by atoms with Gasteiger partial charge in [-0.25, -0.2) is 5.43 Å². The van der Waals surface area contributed by atoms with E-state index in [-0.39, 0.29) is 6.42 Å². The van der Waals surface area contributed by atoms with E-state index in [1.807, 2.05) is 6.07 Å². The van der Waals surface area contributed by atoms with E-state index in [4.69, 9.17) is 16.4 Å². The average Bonchev–Trinajstić information content (AvgIpc) is 2.17. The molecule has 0 spiro atoms. The standard InChI is InChI=1S/C9H16N4/c1-2-3-4-5-9(8-11,13-12)6-7-10/h13H,2-6,12H2,1H3. The van der Waals surface area contributed by atoms with E-state index in [0.29, 0.717) is 6.42 Å². The van der Waals surface area contributed by atoms with Gasteiger partial charge in [-0.3, -0.25) is 5.84 Å². The fourth-order valence-electron chi connectivity index (χ4n) is 1.15. The SMILES string of the molecule is CCCCCC(C#N)(CC#N)NN. The second kappa shape index (κ2) is 6.42. The van der Waals surface area contributed by atoms with Crippen LogP contribution >= 0.6 is 0 Å². The molecule has 3 N–H and O–H groups in total. The zero-order valence-corrected chi connectivity index (χ0v) is 8.01. The summed E-state index contributed by atoms with van der Waals surface area (Å²) in [5.41, 5.74) is 1.60. The van der Waals surface area contributed by atoms with E-state index in [1.54, 1.807) is 0 Å². The molecule has 1 atom stereocenters. The maximum atomic E-state index is 8.86. The Labute approximate surface area is 79.3 Å². The van der Waals surface area contributed by atoms with Gasteiger partial charge < -0.3 is 0 Å². The summed E-state index contributed by atoms with van der Waals surface area (Å²) in [4.78, 5) is 0. The molecule has 0 radical (unpaired) electrons. The fourth-order valence-corrected chi connectivity index (χ4v) is 1.15. The Kier molecular flexibility index (Phi) is 5.88. The van der Waals surface area contributed by atoms with Crippen molar-refractivity contribution in [3.05, 3.63) is 0 Å². The molecule has 0 amide bonds. The van der Waals surface area contributed by atoms with Crippen molar-refractivity contribution in [2.75, 3.05) is 0 Å². The minimum Gasteiger partial charge on any atom is -0.270 e. The predicted molar refractivity (Wildman–Crippen MR) is 50.0 cm³/mol. The van der Waals surface area contributed by atoms with Crippen LogP contribution in [0.2, 0.25) is 0 Å². The fraction of sp³-hybridized carbons (Fsp3) is 0.778. The van der Waals surface area contributed by atoms with Gasteiger partial charge >= 0.3 is 0 Å². The minimum absolute atomic E-state index is 0.143. The van der Waals surface area contributed by atoms with E-state index in [2.05, 4.69) is 18.4 Å². The quantitative estimate of drug-likeness (QED) is 0.365. The summed E-state index contributed by atoms with van der Waals surface area (Å²) in [6.45, 7) is 2.09. The average molecular weight is 180 g/mol. The van der Waals surface area contributed by atoms with Crippen LogP contribution in [-0.4, -0.2) is 5.54 Å². The third-order valence-electron chi connectivity index (χ3n) is 2.08. The van der Waals surface area contributed by atoms with Crippen LogP contribution in [0.15, 0.2) is 0 Å². The summed E-state index contributed by atoms with van der Waals surface area (Å²) in [5, 5.41) is 17.4. The Morgan fingerprint density at radius 1 is 1.38 bits per heavy atom. The van der Waals surface area contributed by atoms with Crippen molar-refractivity contribution in [3.63, 3.8) is 0 Å². The number of nitrogens with zero attached hydrogens (tertiary/aromatic N) is 2. The summed E-state index contributed by atoms with van der Waals surface area (Å²) in [6.07, 6.45) is 3.87. The van der Waals surface area contributed by atoms with Gasteiger partial charge in [-0.15, -0.1) is 0 Å². The Bertz CT molecular complexity index is 213. The molecule has 1 unspecified atom stereocenters. The highest BCUT2D eigenvalue weighted by Crippen LogP contribution is 2.16. The summed E-state index contributed by atoms with van der Waals surface area (Å²) in [6, 6.07) is 4.04. The van der Waals surface area contributed by atoms with Crippen LogP contribution in [0.3, 0.4) is 0 Å². The number of nitriles is 2. The third-order valence-corrected chi connectivity index (χ3v) is 2.08. The Hall–Kier alpha value is -1.10. The van der Waals surface area contributed by atoms with Gasteiger partial charge in [0.15, 0.2) is 0 Å². The number of rotatable bonds is 6. The molecule has 0 rings (SSSR count). The van der Waals surface area contributed by atoms with Gasteiger partial charge in [-0.2, -0.15) is 10.5 Å². The number of hydrogen-bond donors (Lipinski definition) is 2. The van der Waals surface area contributed by atoms with Crippen LogP contribution in [0.4, 0.5) is 0 Å². The van der Waals surface area contributed by atoms with Gasteiger partial charge in [0, 0.05) is 0 Å². The molecule has 0 bridgehead atoms. The summed E-state index contributed by atoms with van der Waals surface area (Å²) < 4.78 is 0. The lowest BCUT2D eigenvalue weighted by Crippen LogP contribution is -2.48. The first-order valence-corrected chi connectivity index (χ1v) is 4.50. The second-order valence-corrected chi connectivity index (χ2v) is 3.13. The zero-order chi connectivity index (χ0) is 10.2. The first-order valence-electron chi connectivity index (χ1n) is 4.50. The van der Waals surface area contributed by atoms with Crippen molar-refractivity contribution in [1.29, 1.82) is 10.5 Å². The van der Waals surface area contributed by atoms with Gasteiger partial charge in [0.1, 0.15) is 5.54 Å². The monoisotopic (exact) mass is 180 g/mol. The van der Waals surface area contributed by atoms with E-state index in [0.717, 1.165) is 19.3 Å². The Morgan fingerprint density at radius 2 is 2.08 bits per heavy atom. The molecular weight excluding hydrogens is 164 g/mol.